The van der Waals surface area contributed by atoms with Crippen molar-refractivity contribution in [1.82, 2.24) is 0 Å². The Morgan fingerprint density at radius 2 is 2.06 bits per heavy atom. The molecule has 4 nitrogen and oxygen atoms in total. The van der Waals surface area contributed by atoms with Crippen molar-refractivity contribution in [3.8, 4) is 0 Å². The normalized spacial score (nSPS) is 15.2. The number of aliphatic hydroxyl groups is 1. The molecular formula is C13H21N3O. The highest BCUT2D eigenvalue weighted by atomic mass is 16.3. The lowest BCUT2D eigenvalue weighted by molar-refractivity contribution is 0.292. The third kappa shape index (κ3) is 3.03. The van der Waals surface area contributed by atoms with Gasteiger partial charge >= 0.3 is 0 Å². The van der Waals surface area contributed by atoms with E-state index in [1.807, 2.05) is 6.07 Å². The molecule has 0 aliphatic carbocycles. The zero-order valence-electron chi connectivity index (χ0n) is 10.2. The summed E-state index contributed by atoms with van der Waals surface area (Å²) in [5.41, 5.74) is 9.08. The Labute approximate surface area is 102 Å². The molecule has 1 aromatic carbocycles. The molecule has 0 radical (unpaired) electrons. The van der Waals surface area contributed by atoms with Crippen LogP contribution in [0.2, 0.25) is 0 Å². The fourth-order valence-electron chi connectivity index (χ4n) is 2.22. The lowest BCUT2D eigenvalue weighted by atomic mass is 10.2. The minimum absolute atomic E-state index is 0.217. The molecule has 0 saturated carbocycles. The Morgan fingerprint density at radius 3 is 2.71 bits per heavy atom. The lowest BCUT2D eigenvalue weighted by Gasteiger charge is -2.20. The van der Waals surface area contributed by atoms with Crippen molar-refractivity contribution < 1.29 is 5.11 Å². The van der Waals surface area contributed by atoms with Crippen molar-refractivity contribution in [3.05, 3.63) is 18.2 Å². The largest absolute Gasteiger partial charge is 0.397 e. The van der Waals surface area contributed by atoms with Crippen LogP contribution >= 0.6 is 0 Å². The van der Waals surface area contributed by atoms with E-state index in [0.29, 0.717) is 0 Å². The monoisotopic (exact) mass is 235 g/mol. The van der Waals surface area contributed by atoms with E-state index >= 15 is 0 Å². The van der Waals surface area contributed by atoms with Crippen LogP contribution in [0.25, 0.3) is 0 Å². The van der Waals surface area contributed by atoms with E-state index in [1.54, 1.807) is 0 Å². The van der Waals surface area contributed by atoms with E-state index in [9.17, 15) is 0 Å². The van der Waals surface area contributed by atoms with Gasteiger partial charge in [-0.1, -0.05) is 0 Å². The van der Waals surface area contributed by atoms with E-state index in [1.165, 1.54) is 12.8 Å². The molecule has 1 fully saturated rings. The predicted octanol–water partition coefficient (Wildman–Crippen LogP) is 1.66. The SMILES string of the molecule is Nc1cc(NCCCO)ccc1N1CCCC1. The first-order chi connectivity index (χ1) is 8.31. The van der Waals surface area contributed by atoms with Crippen LogP contribution in [0, 0.1) is 0 Å². The number of benzene rings is 1. The summed E-state index contributed by atoms with van der Waals surface area (Å²) >= 11 is 0. The van der Waals surface area contributed by atoms with Crippen LogP contribution < -0.4 is 16.0 Å². The summed E-state index contributed by atoms with van der Waals surface area (Å²) in [6.45, 7) is 3.22. The van der Waals surface area contributed by atoms with Crippen molar-refractivity contribution in [2.24, 2.45) is 0 Å². The Hall–Kier alpha value is -1.42. The van der Waals surface area contributed by atoms with E-state index in [-0.39, 0.29) is 6.61 Å². The molecule has 1 aromatic rings. The van der Waals surface area contributed by atoms with Gasteiger partial charge in [0.25, 0.3) is 0 Å². The van der Waals surface area contributed by atoms with Crippen LogP contribution in [-0.4, -0.2) is 31.3 Å². The number of hydrogen-bond acceptors (Lipinski definition) is 4. The molecule has 0 atom stereocenters. The van der Waals surface area contributed by atoms with Gasteiger partial charge in [0.1, 0.15) is 0 Å². The number of rotatable bonds is 5. The van der Waals surface area contributed by atoms with Crippen LogP contribution in [0.5, 0.6) is 0 Å². The number of nitrogens with one attached hydrogen (secondary N) is 1. The summed E-state index contributed by atoms with van der Waals surface area (Å²) in [5.74, 6) is 0. The number of aliphatic hydroxyl groups excluding tert-OH is 1. The zero-order valence-corrected chi connectivity index (χ0v) is 10.2. The molecule has 1 aliphatic rings. The minimum atomic E-state index is 0.217. The standard InChI is InChI=1S/C13H21N3O/c14-12-10-11(15-6-3-9-17)4-5-13(12)16-7-1-2-8-16/h4-5,10,15,17H,1-3,6-9,14H2. The molecule has 2 rings (SSSR count). The van der Waals surface area contributed by atoms with Gasteiger partial charge in [-0.15, -0.1) is 0 Å². The van der Waals surface area contributed by atoms with E-state index in [4.69, 9.17) is 10.8 Å². The number of nitrogens with two attached hydrogens (primary N) is 1. The average Bonchev–Trinajstić information content (AvgIpc) is 2.83. The van der Waals surface area contributed by atoms with Crippen molar-refractivity contribution in [3.63, 3.8) is 0 Å². The first-order valence-corrected chi connectivity index (χ1v) is 6.30. The molecule has 0 bridgehead atoms. The van der Waals surface area contributed by atoms with Gasteiger partial charge in [-0.3, -0.25) is 0 Å². The van der Waals surface area contributed by atoms with Gasteiger partial charge in [-0.05, 0) is 37.5 Å². The summed E-state index contributed by atoms with van der Waals surface area (Å²) in [7, 11) is 0. The number of nitrogens with zero attached hydrogens (tertiary/aromatic N) is 1. The Kier molecular flexibility index (Phi) is 4.09. The van der Waals surface area contributed by atoms with Crippen molar-refractivity contribution in [1.29, 1.82) is 0 Å². The van der Waals surface area contributed by atoms with Crippen LogP contribution in [0.4, 0.5) is 17.1 Å². The Bertz CT molecular complexity index is 362. The smallest absolute Gasteiger partial charge is 0.0601 e. The third-order valence-corrected chi connectivity index (χ3v) is 3.14. The van der Waals surface area contributed by atoms with Gasteiger partial charge in [0, 0.05) is 31.9 Å². The average molecular weight is 235 g/mol. The molecule has 1 heterocycles. The van der Waals surface area contributed by atoms with Crippen LogP contribution in [0.3, 0.4) is 0 Å². The first-order valence-electron chi connectivity index (χ1n) is 6.30. The highest BCUT2D eigenvalue weighted by Gasteiger charge is 2.14. The van der Waals surface area contributed by atoms with Crippen molar-refractivity contribution >= 4 is 17.1 Å². The summed E-state index contributed by atoms with van der Waals surface area (Å²) < 4.78 is 0. The summed E-state index contributed by atoms with van der Waals surface area (Å²) in [6, 6.07) is 6.12. The fraction of sp³-hybridized carbons (Fsp3) is 0.538. The van der Waals surface area contributed by atoms with Gasteiger partial charge in [0.15, 0.2) is 0 Å². The molecule has 0 amide bonds. The zero-order chi connectivity index (χ0) is 12.1. The third-order valence-electron chi connectivity index (χ3n) is 3.14. The highest BCUT2D eigenvalue weighted by molar-refractivity contribution is 5.72. The van der Waals surface area contributed by atoms with E-state index in [2.05, 4.69) is 22.3 Å². The molecular weight excluding hydrogens is 214 g/mol. The molecule has 1 aliphatic heterocycles. The van der Waals surface area contributed by atoms with Gasteiger partial charge in [-0.25, -0.2) is 0 Å². The van der Waals surface area contributed by atoms with E-state index in [0.717, 1.165) is 43.1 Å². The summed E-state index contributed by atoms with van der Waals surface area (Å²) in [5, 5.41) is 12.0. The first kappa shape index (κ1) is 12.0. The lowest BCUT2D eigenvalue weighted by Crippen LogP contribution is -2.19. The molecule has 4 heteroatoms. The number of anilines is 3. The fourth-order valence-corrected chi connectivity index (χ4v) is 2.22. The minimum Gasteiger partial charge on any atom is -0.397 e. The second kappa shape index (κ2) is 5.77. The van der Waals surface area contributed by atoms with Crippen molar-refractivity contribution in [2.75, 3.05) is 42.2 Å². The second-order valence-electron chi connectivity index (χ2n) is 4.47. The molecule has 0 aromatic heterocycles. The maximum Gasteiger partial charge on any atom is 0.0601 e. The molecule has 1 saturated heterocycles. The number of hydrogen-bond donors (Lipinski definition) is 3. The predicted molar refractivity (Wildman–Crippen MR) is 72.5 cm³/mol. The molecule has 94 valence electrons. The van der Waals surface area contributed by atoms with Crippen molar-refractivity contribution in [2.45, 2.75) is 19.3 Å². The highest BCUT2D eigenvalue weighted by Crippen LogP contribution is 2.29. The maximum atomic E-state index is 8.72. The number of nitrogen functional groups attached to an aromatic ring is 1. The topological polar surface area (TPSA) is 61.5 Å². The Morgan fingerprint density at radius 1 is 1.29 bits per heavy atom. The van der Waals surface area contributed by atoms with Crippen LogP contribution in [-0.2, 0) is 0 Å². The maximum absolute atomic E-state index is 8.72. The Balaban J connectivity index is 2.00. The molecule has 0 unspecified atom stereocenters. The summed E-state index contributed by atoms with van der Waals surface area (Å²) in [4.78, 5) is 2.34. The second-order valence-corrected chi connectivity index (χ2v) is 4.47. The molecule has 0 spiro atoms. The van der Waals surface area contributed by atoms with Gasteiger partial charge in [-0.2, -0.15) is 0 Å². The van der Waals surface area contributed by atoms with Gasteiger partial charge in [0.2, 0.25) is 0 Å². The van der Waals surface area contributed by atoms with Crippen LogP contribution in [0.1, 0.15) is 19.3 Å². The van der Waals surface area contributed by atoms with Crippen LogP contribution in [0.15, 0.2) is 18.2 Å². The summed E-state index contributed by atoms with van der Waals surface area (Å²) in [6.07, 6.45) is 3.28. The quantitative estimate of drug-likeness (QED) is 0.536. The van der Waals surface area contributed by atoms with Gasteiger partial charge < -0.3 is 21.1 Å². The van der Waals surface area contributed by atoms with Gasteiger partial charge in [0.05, 0.1) is 11.4 Å². The molecule has 17 heavy (non-hydrogen) atoms. The van der Waals surface area contributed by atoms with E-state index < -0.39 is 0 Å². The molecule has 4 N–H and O–H groups in total.